The number of para-hydroxylation sites is 1. The van der Waals surface area contributed by atoms with E-state index in [4.69, 9.17) is 0 Å². The van der Waals surface area contributed by atoms with E-state index in [0.717, 1.165) is 38.3 Å². The summed E-state index contributed by atoms with van der Waals surface area (Å²) in [5, 5.41) is 24.0. The van der Waals surface area contributed by atoms with Crippen LogP contribution in [0.3, 0.4) is 0 Å². The second-order valence-corrected chi connectivity index (χ2v) is 9.67. The molecule has 0 spiro atoms. The van der Waals surface area contributed by atoms with E-state index in [1.165, 1.54) is 11.3 Å². The zero-order valence-electron chi connectivity index (χ0n) is 20.0. The summed E-state index contributed by atoms with van der Waals surface area (Å²) in [6.07, 6.45) is 4.14. The molecule has 0 atom stereocenters. The minimum atomic E-state index is -0.973. The Hall–Kier alpha value is -4.09. The van der Waals surface area contributed by atoms with Gasteiger partial charge in [-0.3, -0.25) is 4.79 Å². The highest BCUT2D eigenvalue weighted by Crippen LogP contribution is 2.34. The molecule has 8 heteroatoms. The van der Waals surface area contributed by atoms with Crippen molar-refractivity contribution in [3.63, 3.8) is 0 Å². The maximum atomic E-state index is 12.7. The number of carbonyl (C=O) groups is 2. The van der Waals surface area contributed by atoms with Gasteiger partial charge < -0.3 is 20.0 Å². The Bertz CT molecular complexity index is 1530. The van der Waals surface area contributed by atoms with Crippen LogP contribution in [0.15, 0.2) is 42.1 Å². The monoisotopic (exact) mass is 486 g/mol. The van der Waals surface area contributed by atoms with Gasteiger partial charge in [0, 0.05) is 39.9 Å². The lowest BCUT2D eigenvalue weighted by atomic mass is 10.1. The van der Waals surface area contributed by atoms with Gasteiger partial charge in [-0.1, -0.05) is 18.2 Å². The van der Waals surface area contributed by atoms with E-state index < -0.39 is 11.9 Å². The number of aromatic amines is 1. The molecule has 4 aromatic rings. The lowest BCUT2D eigenvalue weighted by Crippen LogP contribution is -2.26. The van der Waals surface area contributed by atoms with E-state index in [1.54, 1.807) is 6.08 Å². The van der Waals surface area contributed by atoms with Crippen molar-refractivity contribution in [1.82, 2.24) is 14.9 Å². The van der Waals surface area contributed by atoms with Gasteiger partial charge in [-0.2, -0.15) is 5.26 Å². The van der Waals surface area contributed by atoms with Gasteiger partial charge in [0.25, 0.3) is 5.91 Å². The number of hydrogen-bond acceptors (Lipinski definition) is 4. The van der Waals surface area contributed by atoms with Crippen LogP contribution in [0.4, 0.5) is 0 Å². The van der Waals surface area contributed by atoms with Crippen molar-refractivity contribution in [2.45, 2.75) is 34.1 Å². The molecule has 0 fully saturated rings. The molecule has 0 aliphatic rings. The molecule has 3 N–H and O–H groups in total. The van der Waals surface area contributed by atoms with Crippen LogP contribution in [-0.4, -0.2) is 33.1 Å². The molecule has 0 unspecified atom stereocenters. The van der Waals surface area contributed by atoms with E-state index in [1.807, 2.05) is 74.9 Å². The summed E-state index contributed by atoms with van der Waals surface area (Å²) in [7, 11) is 0. The zero-order valence-corrected chi connectivity index (χ0v) is 20.8. The predicted octanol–water partition coefficient (Wildman–Crippen LogP) is 5.22. The first-order chi connectivity index (χ1) is 16.7. The number of aromatic carboxylic acids is 1. The Kier molecular flexibility index (Phi) is 6.63. The molecule has 0 aliphatic carbocycles. The summed E-state index contributed by atoms with van der Waals surface area (Å²) in [4.78, 5) is 28.8. The standard InChI is InChI=1S/C27H26N4O3S/c1-15-11-20(17(3)31(15)26-24(27(33)34)16(2)18(4)35-26)12-21(13-28)25(32)29-10-9-19-14-30-23-8-6-5-7-22(19)23/h5-8,11-12,14,30H,9-10H2,1-4H3,(H,29,32)(H,33,34). The van der Waals surface area contributed by atoms with Crippen LogP contribution < -0.4 is 5.32 Å². The first kappa shape index (κ1) is 24.0. The fourth-order valence-electron chi connectivity index (χ4n) is 4.31. The maximum absolute atomic E-state index is 12.7. The second kappa shape index (κ2) is 9.65. The molecule has 3 heterocycles. The lowest BCUT2D eigenvalue weighted by molar-refractivity contribution is -0.117. The Balaban J connectivity index is 1.56. The summed E-state index contributed by atoms with van der Waals surface area (Å²) < 4.78 is 1.88. The molecule has 3 aromatic heterocycles. The summed E-state index contributed by atoms with van der Waals surface area (Å²) in [6, 6.07) is 11.8. The Morgan fingerprint density at radius 3 is 2.69 bits per heavy atom. The van der Waals surface area contributed by atoms with Crippen molar-refractivity contribution in [3.8, 4) is 11.1 Å². The Morgan fingerprint density at radius 1 is 1.23 bits per heavy atom. The first-order valence-corrected chi connectivity index (χ1v) is 12.0. The summed E-state index contributed by atoms with van der Waals surface area (Å²) in [5.41, 5.74) is 5.47. The van der Waals surface area contributed by atoms with Gasteiger partial charge in [0.15, 0.2) is 0 Å². The van der Waals surface area contributed by atoms with Crippen molar-refractivity contribution >= 4 is 40.2 Å². The normalized spacial score (nSPS) is 11.6. The predicted molar refractivity (Wildman–Crippen MR) is 138 cm³/mol. The number of H-pyrrole nitrogens is 1. The molecule has 4 rings (SSSR count). The van der Waals surface area contributed by atoms with Gasteiger partial charge >= 0.3 is 5.97 Å². The lowest BCUT2D eigenvalue weighted by Gasteiger charge is -2.09. The molecule has 1 amide bonds. The highest BCUT2D eigenvalue weighted by molar-refractivity contribution is 7.15. The van der Waals surface area contributed by atoms with Crippen molar-refractivity contribution < 1.29 is 14.7 Å². The van der Waals surface area contributed by atoms with Crippen LogP contribution in [0, 0.1) is 39.0 Å². The summed E-state index contributed by atoms with van der Waals surface area (Å²) >= 11 is 1.42. The van der Waals surface area contributed by atoms with E-state index in [9.17, 15) is 20.0 Å². The molecule has 0 saturated carbocycles. The number of nitriles is 1. The number of aromatic nitrogens is 2. The highest BCUT2D eigenvalue weighted by atomic mass is 32.1. The van der Waals surface area contributed by atoms with Crippen LogP contribution in [0.1, 0.15) is 43.3 Å². The van der Waals surface area contributed by atoms with E-state index in [-0.39, 0.29) is 11.1 Å². The molecule has 178 valence electrons. The molecule has 35 heavy (non-hydrogen) atoms. The number of benzene rings is 1. The van der Waals surface area contributed by atoms with Gasteiger partial charge in [0.05, 0.1) is 5.56 Å². The van der Waals surface area contributed by atoms with Gasteiger partial charge in [-0.05, 0) is 69.0 Å². The molecule has 0 aliphatic heterocycles. The number of fused-ring (bicyclic) bond motifs is 1. The molecule has 1 aromatic carbocycles. The average molecular weight is 487 g/mol. The van der Waals surface area contributed by atoms with Crippen LogP contribution in [-0.2, 0) is 11.2 Å². The number of aryl methyl sites for hydroxylation is 2. The number of carboxylic acids is 1. The molecule has 7 nitrogen and oxygen atoms in total. The quantitative estimate of drug-likeness (QED) is 0.246. The fraction of sp³-hybridized carbons (Fsp3) is 0.222. The van der Waals surface area contributed by atoms with E-state index in [0.29, 0.717) is 23.5 Å². The third-order valence-electron chi connectivity index (χ3n) is 6.27. The maximum Gasteiger partial charge on any atom is 0.339 e. The van der Waals surface area contributed by atoms with Crippen LogP contribution in [0.2, 0.25) is 0 Å². The summed E-state index contributed by atoms with van der Waals surface area (Å²) in [6.45, 7) is 7.85. The van der Waals surface area contributed by atoms with Gasteiger partial charge in [-0.25, -0.2) is 4.79 Å². The topological polar surface area (TPSA) is 111 Å². The van der Waals surface area contributed by atoms with Gasteiger partial charge in [0.2, 0.25) is 0 Å². The minimum Gasteiger partial charge on any atom is -0.478 e. The molecule has 0 radical (unpaired) electrons. The largest absolute Gasteiger partial charge is 0.478 e. The highest BCUT2D eigenvalue weighted by Gasteiger charge is 2.23. The smallest absolute Gasteiger partial charge is 0.339 e. The van der Waals surface area contributed by atoms with Crippen LogP contribution in [0.25, 0.3) is 22.0 Å². The molecular weight excluding hydrogens is 460 g/mol. The second-order valence-electron chi connectivity index (χ2n) is 8.47. The number of nitrogens with zero attached hydrogens (tertiary/aromatic N) is 2. The molecule has 0 saturated heterocycles. The number of thiophene rings is 1. The number of hydrogen-bond donors (Lipinski definition) is 3. The Morgan fingerprint density at radius 2 is 1.97 bits per heavy atom. The number of nitrogens with one attached hydrogen (secondary N) is 2. The van der Waals surface area contributed by atoms with Crippen molar-refractivity contribution in [3.05, 3.63) is 80.6 Å². The molecular formula is C27H26N4O3S. The first-order valence-electron chi connectivity index (χ1n) is 11.2. The van der Waals surface area contributed by atoms with Crippen molar-refractivity contribution in [1.29, 1.82) is 5.26 Å². The minimum absolute atomic E-state index is 0.00109. The third kappa shape index (κ3) is 4.51. The summed E-state index contributed by atoms with van der Waals surface area (Å²) in [5.74, 6) is -1.41. The third-order valence-corrected chi connectivity index (χ3v) is 7.47. The number of carboxylic acid groups (broad SMARTS) is 1. The SMILES string of the molecule is Cc1sc(-n2c(C)cc(C=C(C#N)C(=O)NCCc3c[nH]c4ccccc34)c2C)c(C(=O)O)c1C. The van der Waals surface area contributed by atoms with Crippen LogP contribution >= 0.6 is 11.3 Å². The molecule has 0 bridgehead atoms. The van der Waals surface area contributed by atoms with E-state index in [2.05, 4.69) is 10.3 Å². The van der Waals surface area contributed by atoms with Gasteiger partial charge in [-0.15, -0.1) is 11.3 Å². The van der Waals surface area contributed by atoms with Crippen LogP contribution in [0.5, 0.6) is 0 Å². The zero-order chi connectivity index (χ0) is 25.3. The fourth-order valence-corrected chi connectivity index (χ4v) is 5.57. The Labute approximate surface area is 207 Å². The van der Waals surface area contributed by atoms with Crippen molar-refractivity contribution in [2.24, 2.45) is 0 Å². The number of rotatable bonds is 7. The van der Waals surface area contributed by atoms with Gasteiger partial charge in [0.1, 0.15) is 16.6 Å². The number of amides is 1. The van der Waals surface area contributed by atoms with Crippen molar-refractivity contribution in [2.75, 3.05) is 6.54 Å². The average Bonchev–Trinajstić information content (AvgIpc) is 3.45. The number of carbonyl (C=O) groups excluding carboxylic acids is 1. The van der Waals surface area contributed by atoms with E-state index >= 15 is 0 Å².